The van der Waals surface area contributed by atoms with Gasteiger partial charge in [-0.2, -0.15) is 0 Å². The zero-order valence-corrected chi connectivity index (χ0v) is 14.6. The Morgan fingerprint density at radius 2 is 1.55 bits per heavy atom. The fraction of sp³-hybridized carbons (Fsp3) is 0.400. The van der Waals surface area contributed by atoms with E-state index in [1.807, 2.05) is 26.0 Å². The second kappa shape index (κ2) is 5.41. The van der Waals surface area contributed by atoms with Gasteiger partial charge >= 0.3 is 0 Å². The Morgan fingerprint density at radius 1 is 1.00 bits per heavy atom. The van der Waals surface area contributed by atoms with Gasteiger partial charge in [0.15, 0.2) is 5.82 Å². The van der Waals surface area contributed by atoms with Crippen molar-refractivity contribution in [2.75, 3.05) is 0 Å². The molecule has 2 aromatic rings. The normalized spacial score (nSPS) is 11.8. The van der Waals surface area contributed by atoms with E-state index >= 15 is 0 Å². The molecule has 0 N–H and O–H groups in total. The van der Waals surface area contributed by atoms with Crippen molar-refractivity contribution >= 4 is 27.5 Å². The van der Waals surface area contributed by atoms with Crippen LogP contribution in [0, 0.1) is 13.8 Å². The Balaban J connectivity index is 2.67. The summed E-state index contributed by atoms with van der Waals surface area (Å²) in [7, 11) is 0. The molecule has 0 aromatic carbocycles. The van der Waals surface area contributed by atoms with Crippen LogP contribution in [-0.2, 0) is 5.41 Å². The molecule has 0 aliphatic rings. The molecule has 0 bridgehead atoms. The molecular formula is C15H17BrClN3. The minimum atomic E-state index is -0.114. The van der Waals surface area contributed by atoms with Crippen LogP contribution in [0.2, 0.25) is 5.15 Å². The molecule has 0 spiro atoms. The number of pyridine rings is 1. The van der Waals surface area contributed by atoms with E-state index < -0.39 is 0 Å². The van der Waals surface area contributed by atoms with Gasteiger partial charge in [0.1, 0.15) is 5.15 Å². The van der Waals surface area contributed by atoms with Crippen molar-refractivity contribution in [2.24, 2.45) is 0 Å². The maximum Gasteiger partial charge on any atom is 0.161 e. The summed E-state index contributed by atoms with van der Waals surface area (Å²) in [6.45, 7) is 10.2. The van der Waals surface area contributed by atoms with Crippen molar-refractivity contribution in [3.05, 3.63) is 38.8 Å². The van der Waals surface area contributed by atoms with Crippen LogP contribution in [0.1, 0.15) is 37.9 Å². The molecule has 0 amide bonds. The van der Waals surface area contributed by atoms with Gasteiger partial charge in [0.25, 0.3) is 0 Å². The molecule has 20 heavy (non-hydrogen) atoms. The lowest BCUT2D eigenvalue weighted by Gasteiger charge is -2.20. The Hall–Kier alpha value is -1.00. The van der Waals surface area contributed by atoms with Crippen LogP contribution in [0.4, 0.5) is 0 Å². The zero-order valence-electron chi connectivity index (χ0n) is 12.3. The highest BCUT2D eigenvalue weighted by Crippen LogP contribution is 2.34. The first-order chi connectivity index (χ1) is 9.18. The molecular weight excluding hydrogens is 338 g/mol. The monoisotopic (exact) mass is 353 g/mol. The molecule has 0 aliphatic heterocycles. The second-order valence-electron chi connectivity index (χ2n) is 5.89. The van der Waals surface area contributed by atoms with E-state index in [0.717, 1.165) is 27.1 Å². The molecule has 5 heteroatoms. The van der Waals surface area contributed by atoms with Crippen LogP contribution in [0.3, 0.4) is 0 Å². The minimum Gasteiger partial charge on any atom is -0.258 e. The Morgan fingerprint density at radius 3 is 2.05 bits per heavy atom. The van der Waals surface area contributed by atoms with Crippen molar-refractivity contribution in [1.82, 2.24) is 15.0 Å². The summed E-state index contributed by atoms with van der Waals surface area (Å²) >= 11 is 9.72. The van der Waals surface area contributed by atoms with Crippen LogP contribution >= 0.6 is 27.5 Å². The lowest BCUT2D eigenvalue weighted by molar-refractivity contribution is 0.564. The molecule has 2 rings (SSSR count). The van der Waals surface area contributed by atoms with E-state index in [1.165, 1.54) is 0 Å². The summed E-state index contributed by atoms with van der Waals surface area (Å²) in [6.07, 6.45) is 0. The summed E-state index contributed by atoms with van der Waals surface area (Å²) < 4.78 is 0.762. The van der Waals surface area contributed by atoms with E-state index in [4.69, 9.17) is 11.6 Å². The quantitative estimate of drug-likeness (QED) is 0.686. The van der Waals surface area contributed by atoms with Gasteiger partial charge in [-0.1, -0.05) is 32.4 Å². The van der Waals surface area contributed by atoms with Crippen molar-refractivity contribution in [2.45, 2.75) is 40.0 Å². The van der Waals surface area contributed by atoms with Crippen LogP contribution in [0.25, 0.3) is 11.4 Å². The third kappa shape index (κ3) is 3.18. The average molecular weight is 355 g/mol. The van der Waals surface area contributed by atoms with Gasteiger partial charge in [-0.15, -0.1) is 0 Å². The van der Waals surface area contributed by atoms with Crippen molar-refractivity contribution < 1.29 is 0 Å². The van der Waals surface area contributed by atoms with Crippen LogP contribution in [0.5, 0.6) is 0 Å². The first kappa shape index (κ1) is 15.4. The Bertz CT molecular complexity index is 643. The number of halogens is 2. The van der Waals surface area contributed by atoms with E-state index in [1.54, 1.807) is 0 Å². The molecule has 0 unspecified atom stereocenters. The number of hydrogen-bond donors (Lipinski definition) is 0. The molecule has 0 fully saturated rings. The van der Waals surface area contributed by atoms with Crippen LogP contribution < -0.4 is 0 Å². The molecule has 0 radical (unpaired) electrons. The third-order valence-electron chi connectivity index (χ3n) is 2.86. The fourth-order valence-corrected chi connectivity index (χ4v) is 2.95. The summed E-state index contributed by atoms with van der Waals surface area (Å²) in [4.78, 5) is 13.4. The summed E-state index contributed by atoms with van der Waals surface area (Å²) in [5, 5.41) is 0.437. The first-order valence-electron chi connectivity index (χ1n) is 6.37. The number of aryl methyl sites for hydroxylation is 2. The Labute approximate surface area is 133 Å². The molecule has 0 saturated carbocycles. The fourth-order valence-electron chi connectivity index (χ4n) is 2.01. The summed E-state index contributed by atoms with van der Waals surface area (Å²) in [5.74, 6) is 0.636. The first-order valence-corrected chi connectivity index (χ1v) is 7.55. The Kier molecular flexibility index (Phi) is 4.17. The van der Waals surface area contributed by atoms with Crippen molar-refractivity contribution in [1.29, 1.82) is 0 Å². The van der Waals surface area contributed by atoms with Gasteiger partial charge in [0.05, 0.1) is 10.2 Å². The van der Waals surface area contributed by atoms with Crippen LogP contribution in [0.15, 0.2) is 16.6 Å². The zero-order chi connectivity index (χ0) is 15.1. The highest BCUT2D eigenvalue weighted by Gasteiger charge is 2.23. The number of nitrogens with zero attached hydrogens (tertiary/aromatic N) is 3. The molecule has 106 valence electrons. The van der Waals surface area contributed by atoms with Gasteiger partial charge in [-0.05, 0) is 41.9 Å². The topological polar surface area (TPSA) is 38.7 Å². The lowest BCUT2D eigenvalue weighted by Crippen LogP contribution is -2.16. The van der Waals surface area contributed by atoms with Crippen molar-refractivity contribution in [3.63, 3.8) is 0 Å². The van der Waals surface area contributed by atoms with E-state index in [2.05, 4.69) is 51.7 Å². The standard InChI is InChI=1S/C15H17BrClN3/c1-8-6-10(7-9(2)18-8)14-19-12(15(3,4)5)11(16)13(17)20-14/h6-7H,1-5H3. The number of hydrogen-bond acceptors (Lipinski definition) is 3. The molecule has 0 saturated heterocycles. The summed E-state index contributed by atoms with van der Waals surface area (Å²) in [5.41, 5.74) is 3.62. The SMILES string of the molecule is Cc1cc(-c2nc(Cl)c(Br)c(C(C)(C)C)n2)cc(C)n1. The maximum absolute atomic E-state index is 6.24. The van der Waals surface area contributed by atoms with Gasteiger partial charge in [0, 0.05) is 22.4 Å². The summed E-state index contributed by atoms with van der Waals surface area (Å²) in [6, 6.07) is 3.94. The van der Waals surface area contributed by atoms with E-state index in [0.29, 0.717) is 11.0 Å². The number of aromatic nitrogens is 3. The molecule has 0 atom stereocenters. The molecule has 3 nitrogen and oxygen atoms in total. The highest BCUT2D eigenvalue weighted by atomic mass is 79.9. The molecule has 0 aliphatic carbocycles. The van der Waals surface area contributed by atoms with Crippen molar-refractivity contribution in [3.8, 4) is 11.4 Å². The average Bonchev–Trinajstić information content (AvgIpc) is 2.29. The molecule has 2 aromatic heterocycles. The lowest BCUT2D eigenvalue weighted by atomic mass is 9.92. The second-order valence-corrected chi connectivity index (χ2v) is 7.04. The smallest absolute Gasteiger partial charge is 0.161 e. The van der Waals surface area contributed by atoms with Gasteiger partial charge < -0.3 is 0 Å². The van der Waals surface area contributed by atoms with Gasteiger partial charge in [-0.3, -0.25) is 4.98 Å². The highest BCUT2D eigenvalue weighted by molar-refractivity contribution is 9.10. The van der Waals surface area contributed by atoms with E-state index in [-0.39, 0.29) is 5.41 Å². The predicted molar refractivity (Wildman–Crippen MR) is 86.1 cm³/mol. The van der Waals surface area contributed by atoms with E-state index in [9.17, 15) is 0 Å². The number of rotatable bonds is 1. The van der Waals surface area contributed by atoms with Gasteiger partial charge in [0.2, 0.25) is 0 Å². The van der Waals surface area contributed by atoms with Gasteiger partial charge in [-0.25, -0.2) is 9.97 Å². The maximum atomic E-state index is 6.24. The predicted octanol–water partition coefficient (Wildman–Crippen LogP) is 4.87. The largest absolute Gasteiger partial charge is 0.258 e. The van der Waals surface area contributed by atoms with Crippen LogP contribution in [-0.4, -0.2) is 15.0 Å². The molecule has 2 heterocycles. The third-order valence-corrected chi connectivity index (χ3v) is 4.11. The minimum absolute atomic E-state index is 0.114.